The molecule has 1 aromatic rings. The first-order valence-electron chi connectivity index (χ1n) is 8.62. The molecule has 3 heteroatoms. The van der Waals surface area contributed by atoms with E-state index in [0.29, 0.717) is 13.2 Å². The number of ether oxygens (including phenoxy) is 1. The van der Waals surface area contributed by atoms with E-state index in [1.165, 1.54) is 4.90 Å². The predicted molar refractivity (Wildman–Crippen MR) is 71.2 cm³/mol. The van der Waals surface area contributed by atoms with Crippen LogP contribution in [-0.2, 0) is 16.6 Å². The van der Waals surface area contributed by atoms with Crippen molar-refractivity contribution in [2.45, 2.75) is 32.7 Å². The number of benzene rings is 1. The molecule has 1 heterocycles. The van der Waals surface area contributed by atoms with Gasteiger partial charge in [-0.3, -0.25) is 4.90 Å². The third-order valence-electron chi connectivity index (χ3n) is 2.84. The molecule has 1 aliphatic rings. The molecule has 0 spiro atoms. The van der Waals surface area contributed by atoms with Crippen molar-refractivity contribution in [3.05, 3.63) is 35.1 Å². The van der Waals surface area contributed by atoms with Crippen LogP contribution in [-0.4, -0.2) is 31.2 Å². The fourth-order valence-electron chi connectivity index (χ4n) is 1.82. The number of morpholine rings is 1. The lowest BCUT2D eigenvalue weighted by molar-refractivity contribution is 0.0337. The Bertz CT molecular complexity index is 609. The van der Waals surface area contributed by atoms with Crippen molar-refractivity contribution >= 4 is 0 Å². The van der Waals surface area contributed by atoms with E-state index in [0.717, 1.165) is 0 Å². The van der Waals surface area contributed by atoms with Gasteiger partial charge in [0.15, 0.2) is 0 Å². The Balaban J connectivity index is 2.69. The molecule has 0 aliphatic carbocycles. The van der Waals surface area contributed by atoms with E-state index in [4.69, 9.17) is 11.6 Å². The zero-order valence-electron chi connectivity index (χ0n) is 16.1. The van der Waals surface area contributed by atoms with Crippen molar-refractivity contribution in [3.8, 4) is 0 Å². The minimum absolute atomic E-state index is 0.0226. The van der Waals surface area contributed by atoms with Gasteiger partial charge in [0.05, 0.1) is 17.3 Å². The summed E-state index contributed by atoms with van der Waals surface area (Å²) < 4.78 is 60.9. The topological polar surface area (TPSA) is 12.5 Å². The molecule has 1 aliphatic heterocycles. The third-order valence-corrected chi connectivity index (χ3v) is 2.84. The van der Waals surface area contributed by atoms with Crippen LogP contribution < -0.4 is 0 Å². The molecular weight excluding hydrogens is 229 g/mol. The molecule has 18 heavy (non-hydrogen) atoms. The summed E-state index contributed by atoms with van der Waals surface area (Å²) in [5, 5.41) is 0. The van der Waals surface area contributed by atoms with Crippen molar-refractivity contribution in [1.29, 1.82) is 0 Å². The van der Waals surface area contributed by atoms with Crippen LogP contribution >= 0.6 is 0 Å². The lowest BCUT2D eigenvalue weighted by atomic mass is 9.85. The molecule has 0 bridgehead atoms. The van der Waals surface area contributed by atoms with Gasteiger partial charge in [-0.2, -0.15) is 0 Å². The van der Waals surface area contributed by atoms with Gasteiger partial charge in [0.2, 0.25) is 0 Å². The molecule has 0 radical (unpaired) electrons. The Labute approximate surface area is 116 Å². The van der Waals surface area contributed by atoms with E-state index in [2.05, 4.69) is 0 Å². The second-order valence-electron chi connectivity index (χ2n) is 5.40. The SMILES string of the molecule is [2H]c1c([2H])c(C(C)(C)C)c(F)c(C([2H])([2H])N2CCOCC2)c1[2H]. The predicted octanol–water partition coefficient (Wildman–Crippen LogP) is 2.96. The van der Waals surface area contributed by atoms with Crippen molar-refractivity contribution in [1.82, 2.24) is 4.90 Å². The lowest BCUT2D eigenvalue weighted by Gasteiger charge is -2.28. The van der Waals surface area contributed by atoms with Crippen LogP contribution in [0.3, 0.4) is 0 Å². The fourth-order valence-corrected chi connectivity index (χ4v) is 1.82. The van der Waals surface area contributed by atoms with Gasteiger partial charge in [-0.05, 0) is 11.0 Å². The summed E-state index contributed by atoms with van der Waals surface area (Å²) in [4.78, 5) is 1.42. The summed E-state index contributed by atoms with van der Waals surface area (Å²) in [5.74, 6) is -0.889. The maximum atomic E-state index is 15.1. The maximum absolute atomic E-state index is 15.1. The molecule has 1 fully saturated rings. The summed E-state index contributed by atoms with van der Waals surface area (Å²) in [6.07, 6.45) is 0. The quantitative estimate of drug-likeness (QED) is 0.806. The summed E-state index contributed by atoms with van der Waals surface area (Å²) in [5.41, 5.74) is -1.24. The Kier molecular flexibility index (Phi) is 2.47. The zero-order valence-corrected chi connectivity index (χ0v) is 11.1. The molecule has 1 saturated heterocycles. The second-order valence-corrected chi connectivity index (χ2v) is 5.40. The van der Waals surface area contributed by atoms with Gasteiger partial charge >= 0.3 is 0 Å². The third kappa shape index (κ3) is 3.09. The molecule has 0 amide bonds. The summed E-state index contributed by atoms with van der Waals surface area (Å²) in [6.45, 7) is 4.14. The Morgan fingerprint density at radius 3 is 2.67 bits per heavy atom. The number of nitrogens with zero attached hydrogens (tertiary/aromatic N) is 1. The minimum Gasteiger partial charge on any atom is -0.379 e. The lowest BCUT2D eigenvalue weighted by Crippen LogP contribution is -2.36. The Morgan fingerprint density at radius 1 is 1.39 bits per heavy atom. The smallest absolute Gasteiger partial charge is 0.131 e. The number of hydrogen-bond acceptors (Lipinski definition) is 2. The van der Waals surface area contributed by atoms with Crippen LogP contribution in [0.25, 0.3) is 0 Å². The van der Waals surface area contributed by atoms with Gasteiger partial charge < -0.3 is 4.74 Å². The van der Waals surface area contributed by atoms with Crippen molar-refractivity contribution in [2.75, 3.05) is 26.3 Å². The average molecular weight is 256 g/mol. The van der Waals surface area contributed by atoms with Crippen LogP contribution in [0.2, 0.25) is 0 Å². The highest BCUT2D eigenvalue weighted by Crippen LogP contribution is 2.27. The van der Waals surface area contributed by atoms with Gasteiger partial charge in [0, 0.05) is 27.9 Å². The highest BCUT2D eigenvalue weighted by Gasteiger charge is 2.21. The monoisotopic (exact) mass is 256 g/mol. The molecular formula is C15H22FNO. The first-order chi connectivity index (χ1) is 10.5. The fraction of sp³-hybridized carbons (Fsp3) is 0.600. The number of halogens is 1. The van der Waals surface area contributed by atoms with E-state index in [1.807, 2.05) is 0 Å². The molecule has 0 atom stereocenters. The summed E-state index contributed by atoms with van der Waals surface area (Å²) in [7, 11) is 0. The largest absolute Gasteiger partial charge is 0.379 e. The molecule has 0 aromatic heterocycles. The molecule has 2 rings (SSSR count). The van der Waals surface area contributed by atoms with Crippen LogP contribution in [0.5, 0.6) is 0 Å². The Morgan fingerprint density at radius 2 is 2.06 bits per heavy atom. The molecule has 0 saturated carbocycles. The van der Waals surface area contributed by atoms with E-state index >= 15 is 4.39 Å². The van der Waals surface area contributed by atoms with Gasteiger partial charge in [-0.15, -0.1) is 0 Å². The van der Waals surface area contributed by atoms with Crippen LogP contribution in [0.15, 0.2) is 18.1 Å². The molecule has 100 valence electrons. The Hall–Kier alpha value is -0.930. The van der Waals surface area contributed by atoms with E-state index in [1.54, 1.807) is 20.8 Å². The van der Waals surface area contributed by atoms with Crippen molar-refractivity contribution in [3.63, 3.8) is 0 Å². The van der Waals surface area contributed by atoms with E-state index < -0.39 is 35.4 Å². The summed E-state index contributed by atoms with van der Waals surface area (Å²) in [6, 6.07) is -1.35. The van der Waals surface area contributed by atoms with Crippen LogP contribution in [0.1, 0.15) is 38.8 Å². The van der Waals surface area contributed by atoms with Crippen molar-refractivity contribution in [2.24, 2.45) is 0 Å². The number of hydrogen-bond donors (Lipinski definition) is 0. The molecule has 0 unspecified atom stereocenters. The first kappa shape index (κ1) is 8.28. The maximum Gasteiger partial charge on any atom is 0.131 e. The zero-order chi connectivity index (χ0) is 17.6. The van der Waals surface area contributed by atoms with Crippen LogP contribution in [0.4, 0.5) is 4.39 Å². The number of rotatable bonds is 2. The standard InChI is InChI=1S/C15H22FNO/c1-15(2,3)13-6-4-5-12(14(13)16)11-17-7-9-18-10-8-17/h4-6H,7-11H2,1-3H3/i4D,5D,6D,11D2. The van der Waals surface area contributed by atoms with Gasteiger partial charge in [0.25, 0.3) is 0 Å². The molecule has 2 nitrogen and oxygen atoms in total. The first-order valence-corrected chi connectivity index (χ1v) is 6.12. The van der Waals surface area contributed by atoms with E-state index in [-0.39, 0.29) is 24.7 Å². The second kappa shape index (κ2) is 5.37. The summed E-state index contributed by atoms with van der Waals surface area (Å²) >= 11 is 0. The minimum atomic E-state index is -2.23. The molecule has 0 N–H and O–H groups in total. The highest BCUT2D eigenvalue weighted by atomic mass is 19.1. The normalized spacial score (nSPS) is 22.8. The van der Waals surface area contributed by atoms with Crippen LogP contribution in [0, 0.1) is 5.82 Å². The average Bonchev–Trinajstić information content (AvgIpc) is 2.44. The van der Waals surface area contributed by atoms with Gasteiger partial charge in [-0.25, -0.2) is 4.39 Å². The van der Waals surface area contributed by atoms with Gasteiger partial charge in [-0.1, -0.05) is 38.9 Å². The van der Waals surface area contributed by atoms with Crippen molar-refractivity contribution < 1.29 is 16.0 Å². The molecule has 1 aromatic carbocycles. The van der Waals surface area contributed by atoms with Gasteiger partial charge in [0.1, 0.15) is 5.82 Å². The van der Waals surface area contributed by atoms with E-state index in [9.17, 15) is 0 Å². The highest BCUT2D eigenvalue weighted by molar-refractivity contribution is 5.30.